The predicted octanol–water partition coefficient (Wildman–Crippen LogP) is 2.77. The van der Waals surface area contributed by atoms with Crippen LogP contribution in [0.15, 0.2) is 12.1 Å². The van der Waals surface area contributed by atoms with E-state index in [9.17, 15) is 22.4 Å². The fraction of sp³-hybridized carbons (Fsp3) is 0.222. The number of alkyl halides is 2. The number of ketones is 1. The molecule has 6 heteroatoms. The van der Waals surface area contributed by atoms with E-state index in [-0.39, 0.29) is 0 Å². The van der Waals surface area contributed by atoms with Crippen LogP contribution in [0.4, 0.5) is 17.6 Å². The van der Waals surface area contributed by atoms with E-state index < -0.39 is 35.3 Å². The number of rotatable bonds is 3. The lowest BCUT2D eigenvalue weighted by Gasteiger charge is -2.09. The third kappa shape index (κ3) is 2.68. The molecule has 0 bridgehead atoms. The van der Waals surface area contributed by atoms with E-state index in [2.05, 4.69) is 4.74 Å². The van der Waals surface area contributed by atoms with Gasteiger partial charge < -0.3 is 4.74 Å². The number of ether oxygens (including phenoxy) is 1. The minimum absolute atomic E-state index is 0.426. The van der Waals surface area contributed by atoms with Crippen molar-refractivity contribution in [2.24, 2.45) is 0 Å². The van der Waals surface area contributed by atoms with Crippen molar-refractivity contribution in [1.82, 2.24) is 0 Å². The van der Waals surface area contributed by atoms with Crippen LogP contribution >= 0.6 is 0 Å². The van der Waals surface area contributed by atoms with Crippen LogP contribution < -0.4 is 4.74 Å². The minimum Gasteiger partial charge on any atom is -0.434 e. The van der Waals surface area contributed by atoms with Crippen molar-refractivity contribution in [3.8, 4) is 5.75 Å². The van der Waals surface area contributed by atoms with Crippen LogP contribution in [0.25, 0.3) is 0 Å². The van der Waals surface area contributed by atoms with Gasteiger partial charge >= 0.3 is 6.61 Å². The molecule has 0 radical (unpaired) electrons. The molecule has 15 heavy (non-hydrogen) atoms. The summed E-state index contributed by atoms with van der Waals surface area (Å²) in [6.07, 6.45) is 0. The first-order chi connectivity index (χ1) is 6.91. The van der Waals surface area contributed by atoms with Crippen molar-refractivity contribution in [3.05, 3.63) is 29.3 Å². The number of hydrogen-bond donors (Lipinski definition) is 0. The molecule has 0 aliphatic heterocycles. The molecular weight excluding hydrogens is 216 g/mol. The van der Waals surface area contributed by atoms with Crippen molar-refractivity contribution in [2.75, 3.05) is 0 Å². The summed E-state index contributed by atoms with van der Waals surface area (Å²) in [6.45, 7) is -2.28. The molecule has 0 spiro atoms. The topological polar surface area (TPSA) is 26.3 Å². The van der Waals surface area contributed by atoms with Crippen LogP contribution in [0.5, 0.6) is 5.75 Å². The highest BCUT2D eigenvalue weighted by molar-refractivity contribution is 5.97. The number of halogens is 4. The van der Waals surface area contributed by atoms with Crippen molar-refractivity contribution in [3.63, 3.8) is 0 Å². The van der Waals surface area contributed by atoms with Gasteiger partial charge in [0.15, 0.2) is 5.78 Å². The van der Waals surface area contributed by atoms with E-state index in [4.69, 9.17) is 0 Å². The molecule has 0 aliphatic rings. The summed E-state index contributed by atoms with van der Waals surface area (Å²) in [7, 11) is 0. The maximum atomic E-state index is 13.0. The van der Waals surface area contributed by atoms with Crippen molar-refractivity contribution >= 4 is 5.78 Å². The van der Waals surface area contributed by atoms with E-state index in [1.165, 1.54) is 0 Å². The van der Waals surface area contributed by atoms with Crippen LogP contribution in [-0.2, 0) is 0 Å². The lowest BCUT2D eigenvalue weighted by atomic mass is 10.1. The second-order valence-electron chi connectivity index (χ2n) is 2.70. The second-order valence-corrected chi connectivity index (χ2v) is 2.70. The molecule has 0 aliphatic carbocycles. The Bertz CT molecular complexity index is 390. The molecule has 0 heterocycles. The highest BCUT2D eigenvalue weighted by atomic mass is 19.3. The number of carbonyl (C=O) groups excluding carboxylic acids is 1. The van der Waals surface area contributed by atoms with Gasteiger partial charge in [0.2, 0.25) is 0 Å². The van der Waals surface area contributed by atoms with Crippen LogP contribution in [0.3, 0.4) is 0 Å². The fourth-order valence-corrected chi connectivity index (χ4v) is 1.08. The zero-order chi connectivity index (χ0) is 11.6. The molecule has 1 aromatic carbocycles. The monoisotopic (exact) mass is 222 g/mol. The molecule has 0 saturated carbocycles. The zero-order valence-electron chi connectivity index (χ0n) is 7.56. The first-order valence-corrected chi connectivity index (χ1v) is 3.86. The molecular formula is C9H6F4O2. The fourth-order valence-electron chi connectivity index (χ4n) is 1.08. The van der Waals surface area contributed by atoms with Gasteiger partial charge in [-0.15, -0.1) is 0 Å². The van der Waals surface area contributed by atoms with Crippen LogP contribution in [-0.4, -0.2) is 12.4 Å². The second kappa shape index (κ2) is 4.29. The van der Waals surface area contributed by atoms with Gasteiger partial charge in [-0.05, 0) is 6.92 Å². The Hall–Kier alpha value is -1.59. The summed E-state index contributed by atoms with van der Waals surface area (Å²) in [6, 6.07) is 0.959. The first-order valence-electron chi connectivity index (χ1n) is 3.86. The molecule has 0 amide bonds. The van der Waals surface area contributed by atoms with Crippen LogP contribution in [0.1, 0.15) is 17.3 Å². The molecule has 2 nitrogen and oxygen atoms in total. The maximum absolute atomic E-state index is 13.0. The molecule has 1 aromatic rings. The molecule has 0 unspecified atom stereocenters. The SMILES string of the molecule is CC(=O)c1c(F)cc(F)cc1OC(F)F. The van der Waals surface area contributed by atoms with Gasteiger partial charge in [0, 0.05) is 12.1 Å². The average molecular weight is 222 g/mol. The number of carbonyl (C=O) groups is 1. The van der Waals surface area contributed by atoms with Crippen LogP contribution in [0, 0.1) is 11.6 Å². The Morgan fingerprint density at radius 3 is 2.40 bits per heavy atom. The Morgan fingerprint density at radius 1 is 1.33 bits per heavy atom. The Labute approximate surface area is 82.5 Å². The zero-order valence-corrected chi connectivity index (χ0v) is 7.56. The third-order valence-corrected chi connectivity index (χ3v) is 1.59. The highest BCUT2D eigenvalue weighted by Gasteiger charge is 2.19. The molecule has 82 valence electrons. The maximum Gasteiger partial charge on any atom is 0.387 e. The average Bonchev–Trinajstić information content (AvgIpc) is 1.99. The quantitative estimate of drug-likeness (QED) is 0.580. The summed E-state index contributed by atoms with van der Waals surface area (Å²) in [5.74, 6) is -3.93. The van der Waals surface area contributed by atoms with Gasteiger partial charge in [-0.1, -0.05) is 0 Å². The molecule has 0 fully saturated rings. The largest absolute Gasteiger partial charge is 0.434 e. The van der Waals surface area contributed by atoms with E-state index in [0.717, 1.165) is 6.92 Å². The van der Waals surface area contributed by atoms with Gasteiger partial charge in [0.25, 0.3) is 0 Å². The van der Waals surface area contributed by atoms with E-state index >= 15 is 0 Å². The predicted molar refractivity (Wildman–Crippen MR) is 43.0 cm³/mol. The number of benzene rings is 1. The normalized spacial score (nSPS) is 10.5. The van der Waals surface area contributed by atoms with E-state index in [1.54, 1.807) is 0 Å². The van der Waals surface area contributed by atoms with Gasteiger partial charge in [0.1, 0.15) is 17.4 Å². The summed E-state index contributed by atoms with van der Waals surface area (Å²) < 4.78 is 53.2. The molecule has 0 aromatic heterocycles. The smallest absolute Gasteiger partial charge is 0.387 e. The Morgan fingerprint density at radius 2 is 1.93 bits per heavy atom. The third-order valence-electron chi connectivity index (χ3n) is 1.59. The summed E-state index contributed by atoms with van der Waals surface area (Å²) in [5, 5.41) is 0. The van der Waals surface area contributed by atoms with Gasteiger partial charge in [-0.3, -0.25) is 4.79 Å². The standard InChI is InChI=1S/C9H6F4O2/c1-4(14)8-6(11)2-5(10)3-7(8)15-9(12)13/h2-3,9H,1H3. The Balaban J connectivity index is 3.27. The van der Waals surface area contributed by atoms with E-state index in [0.29, 0.717) is 12.1 Å². The number of Topliss-reactive ketones (excluding diaryl/α,β-unsaturated/α-hetero) is 1. The van der Waals surface area contributed by atoms with E-state index in [1.807, 2.05) is 0 Å². The molecule has 0 N–H and O–H groups in total. The molecule has 1 rings (SSSR count). The lowest BCUT2D eigenvalue weighted by Crippen LogP contribution is -2.09. The first kappa shape index (κ1) is 11.5. The summed E-state index contributed by atoms with van der Waals surface area (Å²) in [5.41, 5.74) is -0.684. The summed E-state index contributed by atoms with van der Waals surface area (Å²) in [4.78, 5) is 10.9. The molecule has 0 saturated heterocycles. The van der Waals surface area contributed by atoms with Crippen molar-refractivity contribution in [2.45, 2.75) is 13.5 Å². The minimum atomic E-state index is -3.25. The highest BCUT2D eigenvalue weighted by Crippen LogP contribution is 2.25. The number of hydrogen-bond acceptors (Lipinski definition) is 2. The summed E-state index contributed by atoms with van der Waals surface area (Å²) >= 11 is 0. The van der Waals surface area contributed by atoms with Gasteiger partial charge in [-0.25, -0.2) is 8.78 Å². The lowest BCUT2D eigenvalue weighted by molar-refractivity contribution is -0.0504. The van der Waals surface area contributed by atoms with Crippen molar-refractivity contribution in [1.29, 1.82) is 0 Å². The van der Waals surface area contributed by atoms with Crippen LogP contribution in [0.2, 0.25) is 0 Å². The van der Waals surface area contributed by atoms with Crippen molar-refractivity contribution < 1.29 is 27.1 Å². The molecule has 0 atom stereocenters. The van der Waals surface area contributed by atoms with Gasteiger partial charge in [-0.2, -0.15) is 8.78 Å². The Kier molecular flexibility index (Phi) is 3.28. The van der Waals surface area contributed by atoms with Gasteiger partial charge in [0.05, 0.1) is 5.56 Å².